The molecule has 0 saturated carbocycles. The molecule has 15 aromatic carbocycles. The third kappa shape index (κ3) is 6.87. The lowest BCUT2D eigenvalue weighted by atomic mass is 9.68. The largest absolute Gasteiger partial charge is 0.456 e. The molecule has 3 nitrogen and oxygen atoms in total. The van der Waals surface area contributed by atoms with E-state index in [9.17, 15) is 0 Å². The van der Waals surface area contributed by atoms with Crippen molar-refractivity contribution in [3.05, 3.63) is 377 Å². The van der Waals surface area contributed by atoms with Gasteiger partial charge in [0, 0.05) is 49.6 Å². The van der Waals surface area contributed by atoms with E-state index in [1.54, 1.807) is 0 Å². The first-order chi connectivity index (χ1) is 48.3. The standard InChI is InChI=1S/C95H59NO2/c1-93(2)80-51-62(45-47-69(80)88-84(93)53-72(92-91(88)71-33-14-20-39-86(71)98-92)60-27-21-26-59(50-60)57-24-7-4-8-25-57)96(61-42-40-58(41-43-61)56-22-5-3-6-23-56)63-44-46-68-73-54-83-74(55-82(73)95(81(68)52-63)77-36-17-11-30-66(77)67-31-12-18-37-78(67)95)89-79(48-49-87-90(89)70-32-13-19-38-85(70)97-87)94(83)75-34-15-9-28-64(75)65-29-10-16-35-76(65)94/h3-55H,1-2H3. The molecule has 0 atom stereocenters. The van der Waals surface area contributed by atoms with Crippen LogP contribution >= 0.6 is 0 Å². The fraction of sp³-hybridized carbons (Fsp3) is 0.0526. The van der Waals surface area contributed by atoms with Gasteiger partial charge >= 0.3 is 0 Å². The van der Waals surface area contributed by atoms with Crippen molar-refractivity contribution in [3.63, 3.8) is 0 Å². The minimum Gasteiger partial charge on any atom is -0.456 e. The van der Waals surface area contributed by atoms with Crippen LogP contribution in [-0.4, -0.2) is 0 Å². The highest BCUT2D eigenvalue weighted by molar-refractivity contribution is 6.20. The third-order valence-corrected chi connectivity index (χ3v) is 23.1. The van der Waals surface area contributed by atoms with Crippen LogP contribution in [0.2, 0.25) is 0 Å². The summed E-state index contributed by atoms with van der Waals surface area (Å²) in [7, 11) is 0. The molecule has 5 aliphatic carbocycles. The Balaban J connectivity index is 0.790. The molecule has 0 unspecified atom stereocenters. The van der Waals surface area contributed by atoms with Gasteiger partial charge in [0.2, 0.25) is 0 Å². The van der Waals surface area contributed by atoms with Crippen LogP contribution in [0.25, 0.3) is 133 Å². The van der Waals surface area contributed by atoms with Gasteiger partial charge < -0.3 is 13.7 Å². The second-order valence-corrected chi connectivity index (χ2v) is 28.0. The van der Waals surface area contributed by atoms with Crippen molar-refractivity contribution in [1.29, 1.82) is 0 Å². The van der Waals surface area contributed by atoms with Crippen molar-refractivity contribution in [3.8, 4) is 89.0 Å². The van der Waals surface area contributed by atoms with Crippen LogP contribution in [0.1, 0.15) is 69.5 Å². The molecule has 5 aliphatic rings. The summed E-state index contributed by atoms with van der Waals surface area (Å²) in [4.78, 5) is 2.53. The second-order valence-electron chi connectivity index (χ2n) is 28.0. The van der Waals surface area contributed by atoms with Gasteiger partial charge in [-0.1, -0.05) is 257 Å². The van der Waals surface area contributed by atoms with Gasteiger partial charge in [0.05, 0.1) is 10.8 Å². The van der Waals surface area contributed by atoms with Gasteiger partial charge in [-0.15, -0.1) is 0 Å². The van der Waals surface area contributed by atoms with Gasteiger partial charge in [-0.2, -0.15) is 0 Å². The number of rotatable bonds is 6. The first-order valence-corrected chi connectivity index (χ1v) is 34.3. The Bertz CT molecular complexity index is 6250. The summed E-state index contributed by atoms with van der Waals surface area (Å²) in [5, 5.41) is 4.59. The second kappa shape index (κ2) is 19.4. The fourth-order valence-electron chi connectivity index (χ4n) is 19.0. The minimum atomic E-state index is -0.696. The van der Waals surface area contributed by atoms with E-state index >= 15 is 0 Å². The molecular weight excluding hydrogens is 1190 g/mol. The minimum absolute atomic E-state index is 0.409. The topological polar surface area (TPSA) is 29.5 Å². The van der Waals surface area contributed by atoms with Crippen LogP contribution in [0.5, 0.6) is 0 Å². The lowest BCUT2D eigenvalue weighted by molar-refractivity contribution is 0.657. The summed E-state index contributed by atoms with van der Waals surface area (Å²) in [6, 6.07) is 121. The van der Waals surface area contributed by atoms with Crippen LogP contribution in [0.4, 0.5) is 17.1 Å². The normalized spacial score (nSPS) is 14.5. The molecule has 22 rings (SSSR count). The smallest absolute Gasteiger partial charge is 0.143 e. The van der Waals surface area contributed by atoms with Crippen molar-refractivity contribution in [2.24, 2.45) is 0 Å². The molecule has 0 saturated heterocycles. The number of hydrogen-bond acceptors (Lipinski definition) is 3. The summed E-state index contributed by atoms with van der Waals surface area (Å²) in [6.07, 6.45) is 0. The SMILES string of the molecule is CC1(C)c2cc(N(c3ccc(-c4ccccc4)cc3)c3ccc4c(c3)C3(c5ccccc5-c5ccccc53)c3cc5c(cc3-4)C3(c4ccccc4-c4ccccc43)c3ccc4oc6ccccc6c4c3-5)ccc2-c2c1cc(-c1cccc(-c3ccccc3)c1)c1oc3ccccc3c21. The highest BCUT2D eigenvalue weighted by Gasteiger charge is 2.57. The van der Waals surface area contributed by atoms with Crippen LogP contribution in [-0.2, 0) is 16.2 Å². The van der Waals surface area contributed by atoms with Gasteiger partial charge in [0.1, 0.15) is 22.3 Å². The molecule has 3 heteroatoms. The Labute approximate surface area is 567 Å². The van der Waals surface area contributed by atoms with Gasteiger partial charge in [-0.25, -0.2) is 0 Å². The van der Waals surface area contributed by atoms with Crippen LogP contribution < -0.4 is 4.90 Å². The van der Waals surface area contributed by atoms with E-state index in [-0.39, 0.29) is 0 Å². The number of furan rings is 2. The van der Waals surface area contributed by atoms with Crippen LogP contribution in [0, 0.1) is 0 Å². The number of benzene rings is 15. The average Bonchev–Trinajstić information content (AvgIpc) is 1.49. The van der Waals surface area contributed by atoms with E-state index in [0.717, 1.165) is 66.7 Å². The monoisotopic (exact) mass is 1250 g/mol. The molecule has 0 N–H and O–H groups in total. The number of anilines is 3. The van der Waals surface area contributed by atoms with Crippen molar-refractivity contribution in [2.45, 2.75) is 30.1 Å². The van der Waals surface area contributed by atoms with Gasteiger partial charge in [-0.05, 0) is 218 Å². The maximum Gasteiger partial charge on any atom is 0.143 e. The van der Waals surface area contributed by atoms with Crippen LogP contribution in [0.15, 0.2) is 330 Å². The summed E-state index contributed by atoms with van der Waals surface area (Å²) in [6.45, 7) is 4.85. The molecule has 98 heavy (non-hydrogen) atoms. The lowest BCUT2D eigenvalue weighted by Gasteiger charge is -2.33. The first-order valence-electron chi connectivity index (χ1n) is 34.3. The van der Waals surface area contributed by atoms with E-state index < -0.39 is 16.2 Å². The predicted molar refractivity (Wildman–Crippen MR) is 402 cm³/mol. The fourth-order valence-corrected chi connectivity index (χ4v) is 19.0. The summed E-state index contributed by atoms with van der Waals surface area (Å²) in [5.41, 5.74) is 37.7. The predicted octanol–water partition coefficient (Wildman–Crippen LogP) is 24.9. The molecule has 17 aromatic rings. The van der Waals surface area contributed by atoms with E-state index in [0.29, 0.717) is 0 Å². The molecule has 0 aliphatic heterocycles. The molecular formula is C95H59NO2. The Kier molecular flexibility index (Phi) is 10.7. The Morgan fingerprint density at radius 1 is 0.235 bits per heavy atom. The molecule has 2 heterocycles. The average molecular weight is 1250 g/mol. The van der Waals surface area contributed by atoms with E-state index in [1.165, 1.54) is 139 Å². The Hall–Kier alpha value is -12.3. The number of para-hydroxylation sites is 2. The molecule has 0 fully saturated rings. The third-order valence-electron chi connectivity index (χ3n) is 23.1. The van der Waals surface area contributed by atoms with Crippen molar-refractivity contribution < 1.29 is 8.83 Å². The first kappa shape index (κ1) is 54.0. The van der Waals surface area contributed by atoms with Crippen LogP contribution in [0.3, 0.4) is 0 Å². The highest BCUT2D eigenvalue weighted by Crippen LogP contribution is 2.70. The molecule has 0 amide bonds. The van der Waals surface area contributed by atoms with Gasteiger partial charge in [0.25, 0.3) is 0 Å². The van der Waals surface area contributed by atoms with Crippen molar-refractivity contribution in [2.75, 3.05) is 4.90 Å². The Morgan fingerprint density at radius 2 is 0.673 bits per heavy atom. The maximum atomic E-state index is 7.06. The highest BCUT2D eigenvalue weighted by atomic mass is 16.3. The zero-order chi connectivity index (χ0) is 64.3. The number of hydrogen-bond donors (Lipinski definition) is 0. The Morgan fingerprint density at radius 3 is 1.32 bits per heavy atom. The zero-order valence-electron chi connectivity index (χ0n) is 53.9. The summed E-state index contributed by atoms with van der Waals surface area (Å²) in [5.74, 6) is 0. The molecule has 0 radical (unpaired) electrons. The van der Waals surface area contributed by atoms with Gasteiger partial charge in [0.15, 0.2) is 0 Å². The van der Waals surface area contributed by atoms with Gasteiger partial charge in [-0.3, -0.25) is 0 Å². The molecule has 0 bridgehead atoms. The summed E-state index contributed by atoms with van der Waals surface area (Å²) < 4.78 is 13.9. The number of fused-ring (bicyclic) bond motifs is 31. The van der Waals surface area contributed by atoms with E-state index in [2.05, 4.69) is 340 Å². The zero-order valence-corrected chi connectivity index (χ0v) is 53.9. The van der Waals surface area contributed by atoms with Crippen molar-refractivity contribution >= 4 is 60.9 Å². The van der Waals surface area contributed by atoms with E-state index in [4.69, 9.17) is 8.83 Å². The molecule has 2 aromatic heterocycles. The quantitative estimate of drug-likeness (QED) is 0.166. The molecule has 2 spiro atoms. The number of nitrogens with zero attached hydrogens (tertiary/aromatic N) is 1. The summed E-state index contributed by atoms with van der Waals surface area (Å²) >= 11 is 0. The van der Waals surface area contributed by atoms with E-state index in [1.807, 2.05) is 0 Å². The molecule has 456 valence electrons. The maximum absolute atomic E-state index is 7.06. The van der Waals surface area contributed by atoms with Crippen molar-refractivity contribution in [1.82, 2.24) is 0 Å². The lowest BCUT2D eigenvalue weighted by Crippen LogP contribution is -2.27.